The molecule has 1 unspecified atom stereocenters. The summed E-state index contributed by atoms with van der Waals surface area (Å²) >= 11 is 5.98. The molecule has 2 aliphatic rings. The Morgan fingerprint density at radius 1 is 1.44 bits per heavy atom. The van der Waals surface area contributed by atoms with Crippen molar-refractivity contribution in [3.8, 4) is 0 Å². The molecule has 0 saturated heterocycles. The summed E-state index contributed by atoms with van der Waals surface area (Å²) in [5.41, 5.74) is 3.77. The minimum atomic E-state index is 0.0956. The number of nitrogens with zero attached hydrogens (tertiary/aromatic N) is 1. The van der Waals surface area contributed by atoms with Crippen molar-refractivity contribution < 1.29 is 5.11 Å². The quantitative estimate of drug-likeness (QED) is 0.600. The molecule has 1 aliphatic heterocycles. The highest BCUT2D eigenvalue weighted by Crippen LogP contribution is 2.27. The summed E-state index contributed by atoms with van der Waals surface area (Å²) in [7, 11) is 2.80. The first-order valence-electron chi connectivity index (χ1n) is 8.39. The standard InChI is InChI=1S/C19H25ClN3OP/c1-3-5-6-14-16(22-7-4-2)8-13(9-18(14)25)10-23-17-12-21-11-15(20)19(17)24/h4,6-9,12,21,23-24H,3,5,10-11,25H2,1-2H3/b7-4-,14-6-,22-16+. The number of aliphatic hydroxyl groups excluding tert-OH is 1. The Bertz CT molecular complexity index is 727. The Balaban J connectivity index is 2.18. The molecule has 1 heterocycles. The zero-order valence-electron chi connectivity index (χ0n) is 14.6. The first kappa shape index (κ1) is 19.6. The van der Waals surface area contributed by atoms with E-state index in [1.54, 1.807) is 6.20 Å². The molecular weight excluding hydrogens is 353 g/mol. The van der Waals surface area contributed by atoms with Gasteiger partial charge in [-0.1, -0.05) is 37.1 Å². The molecule has 0 radical (unpaired) electrons. The van der Waals surface area contributed by atoms with Crippen molar-refractivity contribution in [1.82, 2.24) is 10.6 Å². The van der Waals surface area contributed by atoms with E-state index < -0.39 is 0 Å². The van der Waals surface area contributed by atoms with Crippen molar-refractivity contribution >= 4 is 26.6 Å². The Hall–Kier alpha value is -1.77. The molecule has 0 amide bonds. The van der Waals surface area contributed by atoms with Crippen molar-refractivity contribution in [2.24, 2.45) is 4.99 Å². The third-order valence-corrected chi connectivity index (χ3v) is 4.54. The SMILES string of the molecule is C\C=C/N=C1\C=C(CNC2=CNCC(Cl)=C2O)C=C(P)\C1=C/CCC. The smallest absolute Gasteiger partial charge is 0.156 e. The lowest BCUT2D eigenvalue weighted by molar-refractivity contribution is 0.405. The lowest BCUT2D eigenvalue weighted by Gasteiger charge is -2.20. The fraction of sp³-hybridized carbons (Fsp3) is 0.316. The molecule has 0 bridgehead atoms. The average molecular weight is 378 g/mol. The van der Waals surface area contributed by atoms with E-state index in [0.717, 1.165) is 35.0 Å². The Labute approximate surface area is 157 Å². The van der Waals surface area contributed by atoms with Gasteiger partial charge in [0.15, 0.2) is 5.76 Å². The molecule has 6 heteroatoms. The summed E-state index contributed by atoms with van der Waals surface area (Å²) in [6.07, 6.45) is 14.0. The molecule has 2 rings (SSSR count). The third kappa shape index (κ3) is 5.35. The molecule has 3 N–H and O–H groups in total. The van der Waals surface area contributed by atoms with E-state index in [4.69, 9.17) is 11.6 Å². The van der Waals surface area contributed by atoms with Crippen LogP contribution < -0.4 is 10.6 Å². The largest absolute Gasteiger partial charge is 0.504 e. The predicted molar refractivity (Wildman–Crippen MR) is 111 cm³/mol. The van der Waals surface area contributed by atoms with Crippen LogP contribution in [-0.4, -0.2) is 23.9 Å². The number of rotatable bonds is 6. The molecule has 0 aromatic rings. The van der Waals surface area contributed by atoms with Crippen LogP contribution in [-0.2, 0) is 0 Å². The maximum Gasteiger partial charge on any atom is 0.156 e. The summed E-state index contributed by atoms with van der Waals surface area (Å²) in [4.78, 5) is 4.56. The van der Waals surface area contributed by atoms with Crippen LogP contribution in [0.1, 0.15) is 26.7 Å². The van der Waals surface area contributed by atoms with Gasteiger partial charge in [-0.2, -0.15) is 0 Å². The zero-order chi connectivity index (χ0) is 18.2. The Morgan fingerprint density at radius 2 is 2.24 bits per heavy atom. The Morgan fingerprint density at radius 3 is 2.96 bits per heavy atom. The number of nitrogens with one attached hydrogen (secondary N) is 2. The second-order valence-corrected chi connectivity index (χ2v) is 6.85. The number of dihydropyridines is 1. The van der Waals surface area contributed by atoms with Gasteiger partial charge < -0.3 is 15.7 Å². The predicted octanol–water partition coefficient (Wildman–Crippen LogP) is 4.43. The minimum Gasteiger partial charge on any atom is -0.504 e. The van der Waals surface area contributed by atoms with Crippen molar-refractivity contribution in [3.05, 3.63) is 69.7 Å². The van der Waals surface area contributed by atoms with Gasteiger partial charge in [-0.15, -0.1) is 9.24 Å². The fourth-order valence-corrected chi connectivity index (χ4v) is 3.13. The lowest BCUT2D eigenvalue weighted by atomic mass is 9.98. The van der Waals surface area contributed by atoms with Crippen LogP contribution in [0.2, 0.25) is 0 Å². The van der Waals surface area contributed by atoms with Crippen LogP contribution >= 0.6 is 20.8 Å². The highest BCUT2D eigenvalue weighted by Gasteiger charge is 2.16. The summed E-state index contributed by atoms with van der Waals surface area (Å²) in [5.74, 6) is 0.0956. The number of unbranched alkanes of at least 4 members (excludes halogenated alkanes) is 1. The monoisotopic (exact) mass is 377 g/mol. The van der Waals surface area contributed by atoms with E-state index in [1.165, 1.54) is 0 Å². The van der Waals surface area contributed by atoms with Crippen molar-refractivity contribution in [3.63, 3.8) is 0 Å². The van der Waals surface area contributed by atoms with Gasteiger partial charge in [-0.3, -0.25) is 4.99 Å². The van der Waals surface area contributed by atoms with Gasteiger partial charge in [-0.25, -0.2) is 0 Å². The normalized spacial score (nSPS) is 21.4. The third-order valence-electron chi connectivity index (χ3n) is 3.75. The summed E-state index contributed by atoms with van der Waals surface area (Å²) in [5, 5.41) is 17.8. The van der Waals surface area contributed by atoms with Gasteiger partial charge in [0.2, 0.25) is 0 Å². The summed E-state index contributed by atoms with van der Waals surface area (Å²) in [6, 6.07) is 0. The highest BCUT2D eigenvalue weighted by atomic mass is 35.5. The maximum atomic E-state index is 10.0. The number of aliphatic hydroxyl groups is 1. The van der Waals surface area contributed by atoms with Gasteiger partial charge in [0.05, 0.1) is 23.0 Å². The lowest BCUT2D eigenvalue weighted by Crippen LogP contribution is -2.26. The minimum absolute atomic E-state index is 0.0956. The molecule has 4 nitrogen and oxygen atoms in total. The van der Waals surface area contributed by atoms with Gasteiger partial charge >= 0.3 is 0 Å². The van der Waals surface area contributed by atoms with Crippen LogP contribution in [0.4, 0.5) is 0 Å². The van der Waals surface area contributed by atoms with E-state index in [9.17, 15) is 5.11 Å². The molecular formula is C19H25ClN3OP. The maximum absolute atomic E-state index is 10.0. The highest BCUT2D eigenvalue weighted by molar-refractivity contribution is 7.23. The van der Waals surface area contributed by atoms with E-state index in [-0.39, 0.29) is 5.76 Å². The average Bonchev–Trinajstić information content (AvgIpc) is 2.60. The van der Waals surface area contributed by atoms with Crippen LogP contribution in [0.15, 0.2) is 74.6 Å². The molecule has 0 spiro atoms. The molecule has 0 aromatic carbocycles. The molecule has 0 fully saturated rings. The van der Waals surface area contributed by atoms with Crippen LogP contribution in [0, 0.1) is 0 Å². The first-order valence-corrected chi connectivity index (χ1v) is 9.35. The van der Waals surface area contributed by atoms with Crippen LogP contribution in [0.5, 0.6) is 0 Å². The van der Waals surface area contributed by atoms with E-state index in [0.29, 0.717) is 23.8 Å². The molecule has 0 saturated carbocycles. The second kappa shape index (κ2) is 9.65. The summed E-state index contributed by atoms with van der Waals surface area (Å²) < 4.78 is 0. The second-order valence-electron chi connectivity index (χ2n) is 5.77. The van der Waals surface area contributed by atoms with Gasteiger partial charge in [0.1, 0.15) is 0 Å². The van der Waals surface area contributed by atoms with Crippen LogP contribution in [0.25, 0.3) is 0 Å². The van der Waals surface area contributed by atoms with Gasteiger partial charge in [0, 0.05) is 24.5 Å². The first-order chi connectivity index (χ1) is 12.1. The van der Waals surface area contributed by atoms with Gasteiger partial charge in [0.25, 0.3) is 0 Å². The topological polar surface area (TPSA) is 56.7 Å². The number of aliphatic imine (C=N–C) groups is 1. The van der Waals surface area contributed by atoms with E-state index >= 15 is 0 Å². The molecule has 1 aliphatic carbocycles. The van der Waals surface area contributed by atoms with Crippen molar-refractivity contribution in [2.75, 3.05) is 13.1 Å². The van der Waals surface area contributed by atoms with Crippen LogP contribution in [0.3, 0.4) is 0 Å². The van der Waals surface area contributed by atoms with Gasteiger partial charge in [-0.05, 0) is 36.4 Å². The van der Waals surface area contributed by atoms with Crippen molar-refractivity contribution in [1.29, 1.82) is 0 Å². The number of allylic oxidation sites excluding steroid dienone is 5. The number of hydrogen-bond donors (Lipinski definition) is 3. The van der Waals surface area contributed by atoms with Crippen molar-refractivity contribution in [2.45, 2.75) is 26.7 Å². The molecule has 0 aromatic heterocycles. The molecule has 134 valence electrons. The zero-order valence-corrected chi connectivity index (χ0v) is 16.6. The molecule has 25 heavy (non-hydrogen) atoms. The molecule has 1 atom stereocenters. The Kier molecular flexibility index (Phi) is 7.54. The fourth-order valence-electron chi connectivity index (χ4n) is 2.47. The summed E-state index contributed by atoms with van der Waals surface area (Å²) in [6.45, 7) is 5.13. The number of halogens is 1. The van der Waals surface area contributed by atoms with E-state index in [1.807, 2.05) is 19.2 Å². The van der Waals surface area contributed by atoms with E-state index in [2.05, 4.69) is 50.0 Å². The number of hydrogen-bond acceptors (Lipinski definition) is 4.